The molecule has 0 saturated carbocycles. The molecule has 138 valence electrons. The van der Waals surface area contributed by atoms with Gasteiger partial charge in [0.2, 0.25) is 0 Å². The molecule has 0 atom stereocenters. The third-order valence-corrected chi connectivity index (χ3v) is 4.44. The first-order chi connectivity index (χ1) is 12.3. The van der Waals surface area contributed by atoms with Gasteiger partial charge in [0.15, 0.2) is 5.15 Å². The summed E-state index contributed by atoms with van der Waals surface area (Å²) in [5, 5.41) is 11.9. The molecule has 3 rings (SSSR count). The number of pyridine rings is 1. The maximum Gasteiger partial charge on any atom is 0.318 e. The van der Waals surface area contributed by atoms with Gasteiger partial charge in [0.1, 0.15) is 11.4 Å². The summed E-state index contributed by atoms with van der Waals surface area (Å²) in [6.45, 7) is 9.08. The Morgan fingerprint density at radius 3 is 2.73 bits per heavy atom. The Bertz CT molecular complexity index is 852. The maximum absolute atomic E-state index is 12.3. The van der Waals surface area contributed by atoms with Crippen LogP contribution in [0.1, 0.15) is 38.6 Å². The molecule has 26 heavy (non-hydrogen) atoms. The zero-order valence-corrected chi connectivity index (χ0v) is 16.2. The van der Waals surface area contributed by atoms with Gasteiger partial charge >= 0.3 is 6.03 Å². The third kappa shape index (κ3) is 3.88. The minimum atomic E-state index is -0.247. The van der Waals surface area contributed by atoms with E-state index in [1.165, 1.54) is 0 Å². The van der Waals surface area contributed by atoms with Crippen molar-refractivity contribution in [2.24, 2.45) is 0 Å². The van der Waals surface area contributed by atoms with Crippen LogP contribution in [0.5, 0.6) is 0 Å². The molecule has 0 aliphatic carbocycles. The first-order valence-corrected chi connectivity index (χ1v) is 8.94. The molecule has 1 N–H and O–H groups in total. The molecule has 0 radical (unpaired) electrons. The molecular formula is C18H23ClN6O. The summed E-state index contributed by atoms with van der Waals surface area (Å²) in [4.78, 5) is 18.2. The van der Waals surface area contributed by atoms with E-state index < -0.39 is 0 Å². The van der Waals surface area contributed by atoms with E-state index >= 15 is 0 Å². The van der Waals surface area contributed by atoms with Crippen molar-refractivity contribution in [2.45, 2.75) is 39.7 Å². The number of urea groups is 1. The van der Waals surface area contributed by atoms with Crippen molar-refractivity contribution in [3.05, 3.63) is 40.9 Å². The van der Waals surface area contributed by atoms with Gasteiger partial charge in [-0.15, -0.1) is 5.10 Å². The van der Waals surface area contributed by atoms with Crippen molar-refractivity contribution >= 4 is 23.2 Å². The smallest absolute Gasteiger partial charge is 0.318 e. The molecule has 3 heterocycles. The Morgan fingerprint density at radius 1 is 1.35 bits per heavy atom. The largest absolute Gasteiger partial charge is 0.333 e. The van der Waals surface area contributed by atoms with Crippen LogP contribution in [0.25, 0.3) is 11.3 Å². The number of nitrogens with one attached hydrogen (secondary N) is 1. The lowest BCUT2D eigenvalue weighted by molar-refractivity contribution is 0.193. The minimum Gasteiger partial charge on any atom is -0.333 e. The van der Waals surface area contributed by atoms with Gasteiger partial charge in [0, 0.05) is 24.8 Å². The van der Waals surface area contributed by atoms with Gasteiger partial charge in [0.25, 0.3) is 0 Å². The quantitative estimate of drug-likeness (QED) is 0.819. The number of hydrogen-bond donors (Lipinski definition) is 1. The number of aromatic nitrogens is 4. The highest BCUT2D eigenvalue weighted by Crippen LogP contribution is 2.26. The van der Waals surface area contributed by atoms with Gasteiger partial charge in [-0.3, -0.25) is 0 Å². The van der Waals surface area contributed by atoms with E-state index in [0.29, 0.717) is 23.9 Å². The molecule has 1 aliphatic heterocycles. The van der Waals surface area contributed by atoms with Crippen molar-refractivity contribution in [1.29, 1.82) is 0 Å². The predicted molar refractivity (Wildman–Crippen MR) is 101 cm³/mol. The van der Waals surface area contributed by atoms with Crippen LogP contribution in [0.4, 0.5) is 4.79 Å². The summed E-state index contributed by atoms with van der Waals surface area (Å²) in [5.74, 6) is 0. The summed E-state index contributed by atoms with van der Waals surface area (Å²) in [7, 11) is 0. The maximum atomic E-state index is 12.3. The molecule has 0 fully saturated rings. The second kappa shape index (κ2) is 7.07. The molecule has 0 saturated heterocycles. The van der Waals surface area contributed by atoms with Gasteiger partial charge < -0.3 is 10.2 Å². The van der Waals surface area contributed by atoms with E-state index in [-0.39, 0.29) is 11.6 Å². The Hall–Kier alpha value is -2.41. The van der Waals surface area contributed by atoms with Crippen LogP contribution in [-0.4, -0.2) is 49.5 Å². The van der Waals surface area contributed by atoms with Crippen molar-refractivity contribution < 1.29 is 4.79 Å². The molecule has 0 spiro atoms. The number of rotatable bonds is 2. The highest BCUT2D eigenvalue weighted by molar-refractivity contribution is 6.31. The van der Waals surface area contributed by atoms with Crippen LogP contribution in [0.2, 0.25) is 5.15 Å². The zero-order valence-electron chi connectivity index (χ0n) is 15.5. The van der Waals surface area contributed by atoms with E-state index in [1.54, 1.807) is 15.8 Å². The fraction of sp³-hybridized carbons (Fsp3) is 0.444. The lowest BCUT2D eigenvalue weighted by atomic mass is 10.0. The molecule has 7 nitrogen and oxygen atoms in total. The summed E-state index contributed by atoms with van der Waals surface area (Å²) >= 11 is 6.17. The van der Waals surface area contributed by atoms with Crippen molar-refractivity contribution in [2.75, 3.05) is 13.1 Å². The lowest BCUT2D eigenvalue weighted by Crippen LogP contribution is -2.49. The van der Waals surface area contributed by atoms with Crippen LogP contribution in [0.15, 0.2) is 24.4 Å². The molecule has 0 unspecified atom stereocenters. The molecular weight excluding hydrogens is 352 g/mol. The van der Waals surface area contributed by atoms with Crippen LogP contribution in [-0.2, 0) is 0 Å². The van der Waals surface area contributed by atoms with Gasteiger partial charge in [-0.1, -0.05) is 22.9 Å². The summed E-state index contributed by atoms with van der Waals surface area (Å²) in [6, 6.07) is 3.62. The van der Waals surface area contributed by atoms with E-state index in [4.69, 9.17) is 11.6 Å². The second-order valence-electron chi connectivity index (χ2n) is 7.35. The van der Waals surface area contributed by atoms with E-state index in [2.05, 4.69) is 20.6 Å². The first-order valence-electron chi connectivity index (χ1n) is 8.56. The number of nitrogens with zero attached hydrogens (tertiary/aromatic N) is 5. The first kappa shape index (κ1) is 18.4. The molecule has 0 aromatic carbocycles. The number of amides is 2. The summed E-state index contributed by atoms with van der Waals surface area (Å²) in [6.07, 6.45) is 4.41. The third-order valence-electron chi connectivity index (χ3n) is 4.14. The van der Waals surface area contributed by atoms with Crippen molar-refractivity contribution in [3.63, 3.8) is 0 Å². The van der Waals surface area contributed by atoms with Crippen LogP contribution >= 0.6 is 11.6 Å². The van der Waals surface area contributed by atoms with Gasteiger partial charge in [-0.2, -0.15) is 0 Å². The van der Waals surface area contributed by atoms with Crippen molar-refractivity contribution in [1.82, 2.24) is 30.2 Å². The molecule has 8 heteroatoms. The molecule has 2 amide bonds. The standard InChI is InChI=1S/C18H23ClN6O/c1-12-15(22-23-25(12)14-6-5-9-20-16(14)19)13-7-10-24(11-8-13)17(26)21-18(2,3)4/h5-7,9H,8,10-11H2,1-4H3,(H,21,26). The van der Waals surface area contributed by atoms with Crippen molar-refractivity contribution in [3.8, 4) is 5.69 Å². The highest BCUT2D eigenvalue weighted by Gasteiger charge is 2.24. The summed E-state index contributed by atoms with van der Waals surface area (Å²) < 4.78 is 1.70. The molecule has 1 aliphatic rings. The van der Waals surface area contributed by atoms with E-state index in [9.17, 15) is 4.79 Å². The topological polar surface area (TPSA) is 75.9 Å². The fourth-order valence-corrected chi connectivity index (χ4v) is 3.06. The average Bonchev–Trinajstić information content (AvgIpc) is 2.95. The normalized spacial score (nSPS) is 15.0. The SMILES string of the molecule is Cc1c(C2=CCN(C(=O)NC(C)(C)C)CC2)nnn1-c1cccnc1Cl. The van der Waals surface area contributed by atoms with Crippen LogP contribution < -0.4 is 5.32 Å². The number of carbonyl (C=O) groups excluding carboxylic acids is 1. The number of halogens is 1. The Morgan fingerprint density at radius 2 is 2.12 bits per heavy atom. The minimum absolute atomic E-state index is 0.0460. The second-order valence-corrected chi connectivity index (χ2v) is 7.71. The average molecular weight is 375 g/mol. The van der Waals surface area contributed by atoms with E-state index in [0.717, 1.165) is 23.4 Å². The monoisotopic (exact) mass is 374 g/mol. The summed E-state index contributed by atoms with van der Waals surface area (Å²) in [5.41, 5.74) is 3.28. The van der Waals surface area contributed by atoms with Gasteiger partial charge in [-0.05, 0) is 51.8 Å². The lowest BCUT2D eigenvalue weighted by Gasteiger charge is -2.30. The Balaban J connectivity index is 1.78. The molecule has 2 aromatic rings. The Labute approximate surface area is 158 Å². The van der Waals surface area contributed by atoms with Gasteiger partial charge in [0.05, 0.1) is 5.69 Å². The number of carbonyl (C=O) groups is 1. The zero-order chi connectivity index (χ0) is 18.9. The molecule has 0 bridgehead atoms. The van der Waals surface area contributed by atoms with Gasteiger partial charge in [-0.25, -0.2) is 14.5 Å². The van der Waals surface area contributed by atoms with E-state index in [1.807, 2.05) is 45.9 Å². The number of hydrogen-bond acceptors (Lipinski definition) is 4. The predicted octanol–water partition coefficient (Wildman–Crippen LogP) is 3.22. The molecule has 2 aromatic heterocycles. The highest BCUT2D eigenvalue weighted by atomic mass is 35.5. The van der Waals surface area contributed by atoms with Crippen LogP contribution in [0, 0.1) is 6.92 Å². The Kier molecular flexibility index (Phi) is 5.00. The fourth-order valence-electron chi connectivity index (χ4n) is 2.86. The van der Waals surface area contributed by atoms with Crippen LogP contribution in [0.3, 0.4) is 0 Å².